The van der Waals surface area contributed by atoms with Crippen LogP contribution in [0.25, 0.3) is 0 Å². The van der Waals surface area contributed by atoms with Gasteiger partial charge in [0.15, 0.2) is 0 Å². The van der Waals surface area contributed by atoms with Gasteiger partial charge >= 0.3 is 0 Å². The van der Waals surface area contributed by atoms with Crippen LogP contribution in [0.3, 0.4) is 0 Å². The van der Waals surface area contributed by atoms with Gasteiger partial charge in [0.25, 0.3) is 0 Å². The van der Waals surface area contributed by atoms with Gasteiger partial charge in [-0.1, -0.05) is 27.7 Å². The number of rotatable bonds is 8. The Morgan fingerprint density at radius 2 is 1.51 bits per heavy atom. The van der Waals surface area contributed by atoms with Crippen LogP contribution in [-0.2, 0) is 4.79 Å². The Hall–Kier alpha value is -1.57. The predicted octanol–water partition coefficient (Wildman–Crippen LogP) is 3.65. The second-order valence-corrected chi connectivity index (χ2v) is 11.5. The summed E-state index contributed by atoms with van der Waals surface area (Å²) < 4.78 is 0. The fourth-order valence-electron chi connectivity index (χ4n) is 6.39. The maximum atomic E-state index is 12.1. The van der Waals surface area contributed by atoms with E-state index in [0.717, 1.165) is 58.1 Å². The average molecular weight is 485 g/mol. The Morgan fingerprint density at radius 1 is 0.943 bits per heavy atom. The molecule has 3 aliphatic rings. The van der Waals surface area contributed by atoms with Gasteiger partial charge < -0.3 is 9.80 Å². The van der Waals surface area contributed by atoms with Crippen LogP contribution in [0, 0.1) is 5.92 Å². The van der Waals surface area contributed by atoms with E-state index in [2.05, 4.69) is 52.9 Å². The summed E-state index contributed by atoms with van der Waals surface area (Å²) in [4.78, 5) is 31.9. The minimum atomic E-state index is 0.143. The molecule has 1 aliphatic carbocycles. The standard InChI is InChI=1S/C28H48N6O/c1-6-24-18-31(5)19-25(7-2)34(24)28-29-16-23(17-30-28)22-8-10-26(11-9-22)33-14-12-32(13-15-33)20-27(35)21(3)4/h16-17,21-22,24-26H,6-15,18-20H2,1-5H3. The van der Waals surface area contributed by atoms with Crippen molar-refractivity contribution in [2.45, 2.75) is 90.3 Å². The molecule has 0 N–H and O–H groups in total. The average Bonchev–Trinajstić information content (AvgIpc) is 2.88. The molecule has 2 unspecified atom stereocenters. The van der Waals surface area contributed by atoms with Crippen molar-refractivity contribution in [3.63, 3.8) is 0 Å². The van der Waals surface area contributed by atoms with Crippen molar-refractivity contribution >= 4 is 11.7 Å². The summed E-state index contributed by atoms with van der Waals surface area (Å²) in [6, 6.07) is 1.67. The van der Waals surface area contributed by atoms with Crippen LogP contribution >= 0.6 is 0 Å². The third-order valence-electron chi connectivity index (χ3n) is 8.78. The molecule has 196 valence electrons. The van der Waals surface area contributed by atoms with Crippen LogP contribution in [0.15, 0.2) is 12.4 Å². The van der Waals surface area contributed by atoms with E-state index in [9.17, 15) is 4.79 Å². The SMILES string of the molecule is CCC1CN(C)CC(CC)N1c1ncc(C2CCC(N3CCN(CC(=O)C(C)C)CC3)CC2)cn1. The lowest BCUT2D eigenvalue weighted by Crippen LogP contribution is -2.58. The smallest absolute Gasteiger partial charge is 0.225 e. The maximum Gasteiger partial charge on any atom is 0.225 e. The number of piperazine rings is 2. The number of carbonyl (C=O) groups excluding carboxylic acids is 1. The molecule has 7 heteroatoms. The quantitative estimate of drug-likeness (QED) is 0.558. The Labute approximate surface area is 213 Å². The molecule has 2 atom stereocenters. The van der Waals surface area contributed by atoms with E-state index in [-0.39, 0.29) is 5.92 Å². The van der Waals surface area contributed by atoms with E-state index in [1.54, 1.807) is 0 Å². The van der Waals surface area contributed by atoms with E-state index in [4.69, 9.17) is 9.97 Å². The summed E-state index contributed by atoms with van der Waals surface area (Å²) in [6.45, 7) is 15.6. The number of nitrogens with zero attached hydrogens (tertiary/aromatic N) is 6. The van der Waals surface area contributed by atoms with Crippen molar-refractivity contribution in [2.75, 3.05) is 57.8 Å². The van der Waals surface area contributed by atoms with Crippen LogP contribution in [0.4, 0.5) is 5.95 Å². The molecule has 1 saturated carbocycles. The third kappa shape index (κ3) is 6.41. The molecule has 0 bridgehead atoms. The van der Waals surface area contributed by atoms with Gasteiger partial charge in [-0.3, -0.25) is 14.6 Å². The topological polar surface area (TPSA) is 55.8 Å². The zero-order chi connectivity index (χ0) is 24.9. The Morgan fingerprint density at radius 3 is 2.03 bits per heavy atom. The molecule has 3 fully saturated rings. The summed E-state index contributed by atoms with van der Waals surface area (Å²) in [5.41, 5.74) is 1.32. The molecular weight excluding hydrogens is 436 g/mol. The van der Waals surface area contributed by atoms with Crippen molar-refractivity contribution in [3.8, 4) is 0 Å². The molecule has 3 heterocycles. The number of hydrogen-bond donors (Lipinski definition) is 0. The molecule has 4 rings (SSSR count). The number of hydrogen-bond acceptors (Lipinski definition) is 7. The largest absolute Gasteiger partial charge is 0.332 e. The summed E-state index contributed by atoms with van der Waals surface area (Å²) >= 11 is 0. The van der Waals surface area contributed by atoms with Crippen LogP contribution in [0.1, 0.15) is 77.7 Å². The van der Waals surface area contributed by atoms with Gasteiger partial charge in [0.05, 0.1) is 6.54 Å². The summed E-state index contributed by atoms with van der Waals surface area (Å²) in [5, 5.41) is 0. The second-order valence-electron chi connectivity index (χ2n) is 11.5. The van der Waals surface area contributed by atoms with Crippen molar-refractivity contribution in [1.29, 1.82) is 0 Å². The molecule has 1 aromatic heterocycles. The van der Waals surface area contributed by atoms with Crippen LogP contribution in [-0.4, -0.2) is 101 Å². The zero-order valence-corrected chi connectivity index (χ0v) is 22.8. The van der Waals surface area contributed by atoms with Crippen LogP contribution in [0.2, 0.25) is 0 Å². The number of carbonyl (C=O) groups is 1. The molecule has 7 nitrogen and oxygen atoms in total. The van der Waals surface area contributed by atoms with E-state index in [1.807, 2.05) is 13.8 Å². The van der Waals surface area contributed by atoms with Gasteiger partial charge in [0, 0.05) is 75.7 Å². The molecule has 0 aromatic carbocycles. The fraction of sp³-hybridized carbons (Fsp3) is 0.821. The number of anilines is 1. The Kier molecular flexibility index (Phi) is 9.17. The monoisotopic (exact) mass is 484 g/mol. The highest BCUT2D eigenvalue weighted by molar-refractivity contribution is 5.82. The molecule has 0 radical (unpaired) electrons. The van der Waals surface area contributed by atoms with Gasteiger partial charge in [-0.15, -0.1) is 0 Å². The first-order chi connectivity index (χ1) is 16.9. The van der Waals surface area contributed by atoms with Gasteiger partial charge in [-0.05, 0) is 57.1 Å². The Balaban J connectivity index is 1.28. The molecule has 0 spiro atoms. The second kappa shape index (κ2) is 12.1. The lowest BCUT2D eigenvalue weighted by atomic mass is 9.82. The highest BCUT2D eigenvalue weighted by Crippen LogP contribution is 2.35. The molecular formula is C28H48N6O. The van der Waals surface area contributed by atoms with E-state index < -0.39 is 0 Å². The van der Waals surface area contributed by atoms with E-state index in [0.29, 0.717) is 36.4 Å². The van der Waals surface area contributed by atoms with Crippen LogP contribution in [0.5, 0.6) is 0 Å². The first-order valence-corrected chi connectivity index (χ1v) is 14.2. The van der Waals surface area contributed by atoms with Crippen molar-refractivity contribution in [3.05, 3.63) is 18.0 Å². The highest BCUT2D eigenvalue weighted by atomic mass is 16.1. The van der Waals surface area contributed by atoms with E-state index >= 15 is 0 Å². The molecule has 2 aliphatic heterocycles. The first kappa shape index (κ1) is 26.5. The summed E-state index contributed by atoms with van der Waals surface area (Å²) in [5.74, 6) is 2.02. The van der Waals surface area contributed by atoms with Gasteiger partial charge in [0.1, 0.15) is 5.78 Å². The summed E-state index contributed by atoms with van der Waals surface area (Å²) in [6.07, 6.45) is 11.4. The zero-order valence-electron chi connectivity index (χ0n) is 22.8. The minimum absolute atomic E-state index is 0.143. The van der Waals surface area contributed by atoms with Gasteiger partial charge in [0.2, 0.25) is 5.95 Å². The number of aromatic nitrogens is 2. The molecule has 2 saturated heterocycles. The summed E-state index contributed by atoms with van der Waals surface area (Å²) in [7, 11) is 2.23. The lowest BCUT2D eigenvalue weighted by Gasteiger charge is -2.45. The van der Waals surface area contributed by atoms with Gasteiger partial charge in [-0.2, -0.15) is 0 Å². The van der Waals surface area contributed by atoms with E-state index in [1.165, 1.54) is 31.2 Å². The van der Waals surface area contributed by atoms with Gasteiger partial charge in [-0.25, -0.2) is 9.97 Å². The van der Waals surface area contributed by atoms with Crippen molar-refractivity contribution in [2.24, 2.45) is 5.92 Å². The first-order valence-electron chi connectivity index (χ1n) is 14.2. The molecule has 35 heavy (non-hydrogen) atoms. The molecule has 0 amide bonds. The van der Waals surface area contributed by atoms with Crippen molar-refractivity contribution < 1.29 is 4.79 Å². The minimum Gasteiger partial charge on any atom is -0.332 e. The fourth-order valence-corrected chi connectivity index (χ4v) is 6.39. The van der Waals surface area contributed by atoms with Crippen molar-refractivity contribution in [1.82, 2.24) is 24.7 Å². The van der Waals surface area contributed by atoms with Crippen LogP contribution < -0.4 is 4.90 Å². The number of ketones is 1. The number of likely N-dealkylation sites (N-methyl/N-ethyl adjacent to an activating group) is 1. The highest BCUT2D eigenvalue weighted by Gasteiger charge is 2.34. The Bertz CT molecular complexity index is 784. The predicted molar refractivity (Wildman–Crippen MR) is 143 cm³/mol. The lowest BCUT2D eigenvalue weighted by molar-refractivity contribution is -0.123. The normalized spacial score (nSPS) is 29.6. The number of Topliss-reactive ketones (excluding diaryl/α,β-unsaturated/α-hetero) is 1. The maximum absolute atomic E-state index is 12.1. The third-order valence-corrected chi connectivity index (χ3v) is 8.78. The molecule has 1 aromatic rings.